The molecule has 1 amide bonds. The van der Waals surface area contributed by atoms with Crippen LogP contribution in [-0.4, -0.2) is 48.5 Å². The zero-order chi connectivity index (χ0) is 21.5. The monoisotopic (exact) mass is 419 g/mol. The molecule has 0 radical (unpaired) electrons. The normalized spacial score (nSPS) is 24.4. The number of hydrogen-bond acceptors (Lipinski definition) is 5. The van der Waals surface area contributed by atoms with Gasteiger partial charge in [-0.05, 0) is 35.1 Å². The third kappa shape index (κ3) is 3.40. The molecule has 2 bridgehead atoms. The van der Waals surface area contributed by atoms with E-state index >= 15 is 0 Å². The number of nitrogens with zero attached hydrogens (tertiary/aromatic N) is 1. The van der Waals surface area contributed by atoms with E-state index in [0.717, 1.165) is 11.1 Å². The van der Waals surface area contributed by atoms with Crippen LogP contribution >= 0.6 is 0 Å². The van der Waals surface area contributed by atoms with Crippen LogP contribution in [0.4, 0.5) is 4.79 Å². The average Bonchev–Trinajstić information content (AvgIpc) is 3.09. The molecule has 1 unspecified atom stereocenters. The van der Waals surface area contributed by atoms with E-state index in [1.54, 1.807) is 4.90 Å². The highest BCUT2D eigenvalue weighted by molar-refractivity contribution is 5.84. The molecule has 31 heavy (non-hydrogen) atoms. The van der Waals surface area contributed by atoms with Crippen LogP contribution in [0.3, 0.4) is 0 Å². The average molecular weight is 419 g/mol. The molecule has 160 valence electrons. The molecule has 2 aromatic carbocycles. The van der Waals surface area contributed by atoms with Crippen LogP contribution in [0.1, 0.15) is 42.7 Å². The molecule has 2 heterocycles. The number of ketones is 1. The maximum atomic E-state index is 13.1. The molecule has 2 aliphatic heterocycles. The Hall–Kier alpha value is -3.15. The van der Waals surface area contributed by atoms with E-state index in [0.29, 0.717) is 12.8 Å². The minimum Gasteiger partial charge on any atom is -0.469 e. The van der Waals surface area contributed by atoms with Crippen molar-refractivity contribution in [2.75, 3.05) is 13.7 Å². The number of piperidine rings is 2. The lowest BCUT2D eigenvalue weighted by molar-refractivity contribution is -0.151. The van der Waals surface area contributed by atoms with Crippen LogP contribution in [0.5, 0.6) is 0 Å². The Morgan fingerprint density at radius 2 is 1.48 bits per heavy atom. The SMILES string of the molecule is COC(=O)C1C[C@H]2CC(=O)C[C@@H](C1)N2C(=O)OCC1c2ccccc2-c2ccccc21. The number of rotatable bonds is 3. The molecule has 1 aliphatic carbocycles. The van der Waals surface area contributed by atoms with Gasteiger partial charge in [-0.2, -0.15) is 0 Å². The fraction of sp³-hybridized carbons (Fsp3) is 0.400. The highest BCUT2D eigenvalue weighted by Crippen LogP contribution is 2.45. The molecule has 2 saturated heterocycles. The van der Waals surface area contributed by atoms with E-state index in [4.69, 9.17) is 9.47 Å². The van der Waals surface area contributed by atoms with Gasteiger partial charge in [0.2, 0.25) is 0 Å². The molecule has 3 aliphatic rings. The molecule has 0 spiro atoms. The quantitative estimate of drug-likeness (QED) is 0.705. The first kappa shape index (κ1) is 19.8. The van der Waals surface area contributed by atoms with Crippen molar-refractivity contribution in [3.05, 3.63) is 59.7 Å². The van der Waals surface area contributed by atoms with Gasteiger partial charge in [0.15, 0.2) is 0 Å². The summed E-state index contributed by atoms with van der Waals surface area (Å²) in [5, 5.41) is 0. The zero-order valence-electron chi connectivity index (χ0n) is 17.5. The first-order valence-electron chi connectivity index (χ1n) is 10.8. The van der Waals surface area contributed by atoms with Crippen molar-refractivity contribution >= 4 is 17.8 Å². The number of Topliss-reactive ketones (excluding diaryl/α,β-unsaturated/α-hetero) is 1. The summed E-state index contributed by atoms with van der Waals surface area (Å²) in [7, 11) is 1.38. The van der Waals surface area contributed by atoms with Crippen molar-refractivity contribution in [3.8, 4) is 11.1 Å². The van der Waals surface area contributed by atoms with Crippen molar-refractivity contribution in [2.45, 2.75) is 43.7 Å². The number of ether oxygens (including phenoxy) is 2. The van der Waals surface area contributed by atoms with Crippen LogP contribution in [0.15, 0.2) is 48.5 Å². The lowest BCUT2D eigenvalue weighted by Gasteiger charge is -2.46. The van der Waals surface area contributed by atoms with Crippen molar-refractivity contribution in [1.82, 2.24) is 4.90 Å². The van der Waals surface area contributed by atoms with Gasteiger partial charge in [0.05, 0.1) is 13.0 Å². The second-order valence-corrected chi connectivity index (χ2v) is 8.66. The molecule has 2 fully saturated rings. The summed E-state index contributed by atoms with van der Waals surface area (Å²) in [5.74, 6) is -0.409. The summed E-state index contributed by atoms with van der Waals surface area (Å²) < 4.78 is 10.7. The van der Waals surface area contributed by atoms with E-state index in [1.165, 1.54) is 18.2 Å². The number of esters is 1. The zero-order valence-corrected chi connectivity index (χ0v) is 17.5. The molecule has 0 saturated carbocycles. The van der Waals surface area contributed by atoms with E-state index in [-0.39, 0.29) is 55.1 Å². The smallest absolute Gasteiger partial charge is 0.410 e. The Labute approximate surface area is 181 Å². The van der Waals surface area contributed by atoms with Crippen LogP contribution < -0.4 is 0 Å². The second kappa shape index (κ2) is 7.84. The van der Waals surface area contributed by atoms with Crippen molar-refractivity contribution < 1.29 is 23.9 Å². The number of benzene rings is 2. The van der Waals surface area contributed by atoms with E-state index in [1.807, 2.05) is 24.3 Å². The molecule has 3 atom stereocenters. The molecule has 2 aromatic rings. The largest absolute Gasteiger partial charge is 0.469 e. The fourth-order valence-electron chi connectivity index (χ4n) is 5.58. The van der Waals surface area contributed by atoms with Crippen molar-refractivity contribution in [3.63, 3.8) is 0 Å². The second-order valence-electron chi connectivity index (χ2n) is 8.66. The van der Waals surface area contributed by atoms with Crippen molar-refractivity contribution in [1.29, 1.82) is 0 Å². The lowest BCUT2D eigenvalue weighted by atomic mass is 9.78. The minimum absolute atomic E-state index is 0.00886. The number of carbonyl (C=O) groups excluding carboxylic acids is 3. The summed E-state index contributed by atoms with van der Waals surface area (Å²) in [6.45, 7) is 0.247. The van der Waals surface area contributed by atoms with Gasteiger partial charge in [-0.15, -0.1) is 0 Å². The molecule has 6 heteroatoms. The first-order valence-corrected chi connectivity index (χ1v) is 10.8. The number of fused-ring (bicyclic) bond motifs is 5. The van der Waals surface area contributed by atoms with Crippen LogP contribution in [0.2, 0.25) is 0 Å². The molecular weight excluding hydrogens is 394 g/mol. The first-order chi connectivity index (χ1) is 15.1. The Balaban J connectivity index is 1.33. The highest BCUT2D eigenvalue weighted by Gasteiger charge is 2.46. The predicted octanol–water partition coefficient (Wildman–Crippen LogP) is 3.92. The Kier molecular flexibility index (Phi) is 5.00. The number of hydrogen-bond donors (Lipinski definition) is 0. The van der Waals surface area contributed by atoms with Crippen LogP contribution in [0, 0.1) is 5.92 Å². The fourth-order valence-corrected chi connectivity index (χ4v) is 5.58. The number of amides is 1. The standard InChI is InChI=1S/C25H25NO5/c1-30-24(28)15-10-16-12-18(27)13-17(11-15)26(16)25(29)31-14-23-21-8-4-2-6-19(21)20-7-3-5-9-22(20)23/h2-9,15-17,23H,10-14H2,1H3/t15?,16-,17+. The highest BCUT2D eigenvalue weighted by atomic mass is 16.6. The summed E-state index contributed by atoms with van der Waals surface area (Å²) in [6.07, 6.45) is 1.04. The number of methoxy groups -OCH3 is 1. The van der Waals surface area contributed by atoms with Gasteiger partial charge < -0.3 is 14.4 Å². The summed E-state index contributed by atoms with van der Waals surface area (Å²) >= 11 is 0. The Morgan fingerprint density at radius 1 is 0.935 bits per heavy atom. The van der Waals surface area contributed by atoms with Crippen molar-refractivity contribution in [2.24, 2.45) is 5.92 Å². The third-order valence-corrected chi connectivity index (χ3v) is 6.91. The van der Waals surface area contributed by atoms with Gasteiger partial charge in [0, 0.05) is 30.8 Å². The lowest BCUT2D eigenvalue weighted by Crippen LogP contribution is -2.58. The van der Waals surface area contributed by atoms with Crippen LogP contribution in [-0.2, 0) is 19.1 Å². The van der Waals surface area contributed by atoms with Gasteiger partial charge in [-0.3, -0.25) is 9.59 Å². The van der Waals surface area contributed by atoms with Crippen LogP contribution in [0.25, 0.3) is 11.1 Å². The maximum Gasteiger partial charge on any atom is 0.410 e. The van der Waals surface area contributed by atoms with Gasteiger partial charge in [-0.25, -0.2) is 4.79 Å². The molecule has 0 aromatic heterocycles. The van der Waals surface area contributed by atoms with E-state index in [9.17, 15) is 14.4 Å². The third-order valence-electron chi connectivity index (χ3n) is 6.91. The van der Waals surface area contributed by atoms with Gasteiger partial charge >= 0.3 is 12.1 Å². The van der Waals surface area contributed by atoms with Gasteiger partial charge in [-0.1, -0.05) is 48.5 Å². The Bertz CT molecular complexity index is 984. The maximum absolute atomic E-state index is 13.1. The van der Waals surface area contributed by atoms with Gasteiger partial charge in [0.1, 0.15) is 12.4 Å². The predicted molar refractivity (Wildman–Crippen MR) is 113 cm³/mol. The van der Waals surface area contributed by atoms with E-state index < -0.39 is 6.09 Å². The summed E-state index contributed by atoms with van der Waals surface area (Å²) in [6, 6.07) is 15.8. The number of carbonyl (C=O) groups is 3. The topological polar surface area (TPSA) is 72.9 Å². The van der Waals surface area contributed by atoms with E-state index in [2.05, 4.69) is 24.3 Å². The molecule has 0 N–H and O–H groups in total. The Morgan fingerprint density at radius 3 is 2.03 bits per heavy atom. The van der Waals surface area contributed by atoms with Gasteiger partial charge in [0.25, 0.3) is 0 Å². The minimum atomic E-state index is -0.396. The molecule has 6 nitrogen and oxygen atoms in total. The summed E-state index contributed by atoms with van der Waals surface area (Å²) in [5.41, 5.74) is 4.69. The summed E-state index contributed by atoms with van der Waals surface area (Å²) in [4.78, 5) is 39.0. The molecule has 5 rings (SSSR count). The molecular formula is C25H25NO5.